The Labute approximate surface area is 116 Å². The van der Waals surface area contributed by atoms with Crippen molar-refractivity contribution in [3.63, 3.8) is 0 Å². The minimum Gasteiger partial charge on any atom is -0.399 e. The number of carbonyl (C=O) groups excluding carboxylic acids is 1. The van der Waals surface area contributed by atoms with Gasteiger partial charge in [-0.05, 0) is 42.8 Å². The minimum absolute atomic E-state index is 0.0607. The van der Waals surface area contributed by atoms with E-state index in [2.05, 4.69) is 0 Å². The number of anilines is 1. The van der Waals surface area contributed by atoms with Crippen LogP contribution in [0.2, 0.25) is 5.02 Å². The third-order valence-electron chi connectivity index (χ3n) is 2.99. The van der Waals surface area contributed by atoms with Crippen LogP contribution in [0.1, 0.15) is 21.5 Å². The van der Waals surface area contributed by atoms with E-state index in [4.69, 9.17) is 17.3 Å². The molecule has 0 aliphatic carbocycles. The molecule has 4 heteroatoms. The van der Waals surface area contributed by atoms with Crippen LogP contribution in [0.5, 0.6) is 0 Å². The van der Waals surface area contributed by atoms with Crippen LogP contribution in [0.25, 0.3) is 0 Å². The number of halogens is 2. The van der Waals surface area contributed by atoms with Gasteiger partial charge in [0.1, 0.15) is 5.82 Å². The highest BCUT2D eigenvalue weighted by Crippen LogP contribution is 2.22. The van der Waals surface area contributed by atoms with Crippen LogP contribution in [0.15, 0.2) is 36.4 Å². The zero-order valence-corrected chi connectivity index (χ0v) is 11.2. The molecule has 0 saturated carbocycles. The van der Waals surface area contributed by atoms with Gasteiger partial charge in [0.2, 0.25) is 0 Å². The Morgan fingerprint density at radius 1 is 1.32 bits per heavy atom. The number of hydrogen-bond donors (Lipinski definition) is 1. The van der Waals surface area contributed by atoms with Gasteiger partial charge in [-0.2, -0.15) is 0 Å². The Morgan fingerprint density at radius 2 is 2.05 bits per heavy atom. The molecule has 0 spiro atoms. The summed E-state index contributed by atoms with van der Waals surface area (Å²) in [6.45, 7) is 1.82. The maximum absolute atomic E-state index is 13.6. The molecule has 0 atom stereocenters. The summed E-state index contributed by atoms with van der Waals surface area (Å²) >= 11 is 5.91. The molecule has 2 aromatic rings. The fourth-order valence-corrected chi connectivity index (χ4v) is 2.04. The predicted octanol–water partition coefficient (Wildman–Crippen LogP) is 3.80. The van der Waals surface area contributed by atoms with Crippen molar-refractivity contribution in [2.45, 2.75) is 13.3 Å². The van der Waals surface area contributed by atoms with Crippen molar-refractivity contribution in [2.24, 2.45) is 0 Å². The lowest BCUT2D eigenvalue weighted by molar-refractivity contribution is 0.0992. The third-order valence-corrected chi connectivity index (χ3v) is 3.34. The average molecular weight is 278 g/mol. The lowest BCUT2D eigenvalue weighted by Gasteiger charge is -2.07. The highest BCUT2D eigenvalue weighted by molar-refractivity contribution is 6.31. The van der Waals surface area contributed by atoms with Gasteiger partial charge in [0, 0.05) is 28.3 Å². The molecule has 2 N–H and O–H groups in total. The van der Waals surface area contributed by atoms with Crippen LogP contribution in [0.4, 0.5) is 10.1 Å². The molecule has 0 radical (unpaired) electrons. The first-order chi connectivity index (χ1) is 8.99. The van der Waals surface area contributed by atoms with Crippen molar-refractivity contribution >= 4 is 23.1 Å². The van der Waals surface area contributed by atoms with Crippen molar-refractivity contribution in [1.29, 1.82) is 0 Å². The van der Waals surface area contributed by atoms with Crippen molar-refractivity contribution in [3.8, 4) is 0 Å². The standard InChI is InChI=1S/C15H13ClFNO/c1-9-7-10(5-6-14(9)18)15(19)8-11-12(16)3-2-4-13(11)17/h2-7H,8,18H2,1H3. The van der Waals surface area contributed by atoms with Gasteiger partial charge in [0.15, 0.2) is 5.78 Å². The van der Waals surface area contributed by atoms with E-state index in [0.29, 0.717) is 11.3 Å². The smallest absolute Gasteiger partial charge is 0.167 e. The lowest BCUT2D eigenvalue weighted by Crippen LogP contribution is -2.06. The zero-order chi connectivity index (χ0) is 14.0. The van der Waals surface area contributed by atoms with E-state index in [9.17, 15) is 9.18 Å². The van der Waals surface area contributed by atoms with E-state index in [1.807, 2.05) is 6.92 Å². The molecule has 0 unspecified atom stereocenters. The van der Waals surface area contributed by atoms with E-state index in [1.165, 1.54) is 12.1 Å². The first kappa shape index (κ1) is 13.6. The summed E-state index contributed by atoms with van der Waals surface area (Å²) in [5.41, 5.74) is 7.88. The quantitative estimate of drug-likeness (QED) is 0.685. The second-order valence-electron chi connectivity index (χ2n) is 4.37. The van der Waals surface area contributed by atoms with E-state index in [0.717, 1.165) is 5.56 Å². The maximum atomic E-state index is 13.6. The third kappa shape index (κ3) is 2.93. The predicted molar refractivity (Wildman–Crippen MR) is 75.0 cm³/mol. The Balaban J connectivity index is 2.28. The van der Waals surface area contributed by atoms with Crippen LogP contribution < -0.4 is 5.73 Å². The van der Waals surface area contributed by atoms with Crippen molar-refractivity contribution in [2.75, 3.05) is 5.73 Å². The Hall–Kier alpha value is -1.87. The zero-order valence-electron chi connectivity index (χ0n) is 10.4. The largest absolute Gasteiger partial charge is 0.399 e. The second kappa shape index (κ2) is 5.41. The highest BCUT2D eigenvalue weighted by Gasteiger charge is 2.14. The Morgan fingerprint density at radius 3 is 2.68 bits per heavy atom. The molecule has 0 aliphatic heterocycles. The van der Waals surface area contributed by atoms with Crippen LogP contribution in [-0.2, 0) is 6.42 Å². The fourth-order valence-electron chi connectivity index (χ4n) is 1.81. The van der Waals surface area contributed by atoms with Crippen LogP contribution in [0.3, 0.4) is 0 Å². The molecule has 0 bridgehead atoms. The van der Waals surface area contributed by atoms with Gasteiger partial charge >= 0.3 is 0 Å². The summed E-state index contributed by atoms with van der Waals surface area (Å²) in [6.07, 6.45) is -0.0607. The number of Topliss-reactive ketones (excluding diaryl/α,β-unsaturated/α-hetero) is 1. The summed E-state index contributed by atoms with van der Waals surface area (Å²) in [7, 11) is 0. The van der Waals surface area contributed by atoms with Gasteiger partial charge in [-0.3, -0.25) is 4.79 Å². The highest BCUT2D eigenvalue weighted by atomic mass is 35.5. The maximum Gasteiger partial charge on any atom is 0.167 e. The van der Waals surface area contributed by atoms with E-state index < -0.39 is 5.82 Å². The fraction of sp³-hybridized carbons (Fsp3) is 0.133. The van der Waals surface area contributed by atoms with Gasteiger partial charge in [0.05, 0.1) is 0 Å². The Bertz CT molecular complexity index is 620. The molecule has 0 aliphatic rings. The molecule has 0 saturated heterocycles. The summed E-state index contributed by atoms with van der Waals surface area (Å²) in [6, 6.07) is 9.39. The van der Waals surface area contributed by atoms with Crippen molar-refractivity contribution in [1.82, 2.24) is 0 Å². The molecular formula is C15H13ClFNO. The second-order valence-corrected chi connectivity index (χ2v) is 4.78. The number of carbonyl (C=O) groups is 1. The Kier molecular flexibility index (Phi) is 3.86. The number of nitrogens with two attached hydrogens (primary N) is 1. The van der Waals surface area contributed by atoms with Gasteiger partial charge in [-0.25, -0.2) is 4.39 Å². The van der Waals surface area contributed by atoms with Crippen LogP contribution in [0, 0.1) is 12.7 Å². The average Bonchev–Trinajstić information content (AvgIpc) is 2.37. The van der Waals surface area contributed by atoms with Crippen LogP contribution >= 0.6 is 11.6 Å². The summed E-state index contributed by atoms with van der Waals surface area (Å²) < 4.78 is 13.6. The molecule has 19 heavy (non-hydrogen) atoms. The molecule has 98 valence electrons. The van der Waals surface area contributed by atoms with Crippen molar-refractivity contribution in [3.05, 3.63) is 63.9 Å². The van der Waals surface area contributed by atoms with Gasteiger partial charge in [0.25, 0.3) is 0 Å². The van der Waals surface area contributed by atoms with Crippen LogP contribution in [-0.4, -0.2) is 5.78 Å². The van der Waals surface area contributed by atoms with E-state index in [-0.39, 0.29) is 22.8 Å². The number of rotatable bonds is 3. The molecule has 2 aromatic carbocycles. The molecule has 2 nitrogen and oxygen atoms in total. The topological polar surface area (TPSA) is 43.1 Å². The van der Waals surface area contributed by atoms with E-state index in [1.54, 1.807) is 24.3 Å². The summed E-state index contributed by atoms with van der Waals surface area (Å²) in [4.78, 5) is 12.1. The lowest BCUT2D eigenvalue weighted by atomic mass is 10.0. The van der Waals surface area contributed by atoms with Crippen molar-refractivity contribution < 1.29 is 9.18 Å². The number of aryl methyl sites for hydroxylation is 1. The van der Waals surface area contributed by atoms with E-state index >= 15 is 0 Å². The molecule has 2 rings (SSSR count). The first-order valence-electron chi connectivity index (χ1n) is 5.81. The molecule has 0 fully saturated rings. The first-order valence-corrected chi connectivity index (χ1v) is 6.19. The summed E-state index contributed by atoms with van der Waals surface area (Å²) in [5.74, 6) is -0.650. The molecule has 0 amide bonds. The summed E-state index contributed by atoms with van der Waals surface area (Å²) in [5, 5.41) is 0.264. The molecule has 0 aromatic heterocycles. The van der Waals surface area contributed by atoms with Gasteiger partial charge in [-0.1, -0.05) is 17.7 Å². The number of nitrogen functional groups attached to an aromatic ring is 1. The minimum atomic E-state index is -0.465. The van der Waals surface area contributed by atoms with Gasteiger partial charge < -0.3 is 5.73 Å². The number of ketones is 1. The monoisotopic (exact) mass is 277 g/mol. The number of benzene rings is 2. The SMILES string of the molecule is Cc1cc(C(=O)Cc2c(F)cccc2Cl)ccc1N. The molecule has 0 heterocycles. The van der Waals surface area contributed by atoms with Gasteiger partial charge in [-0.15, -0.1) is 0 Å². The molecular weight excluding hydrogens is 265 g/mol. The normalized spacial score (nSPS) is 10.5. The number of hydrogen-bond acceptors (Lipinski definition) is 2.